The molecule has 6 heteroatoms. The summed E-state index contributed by atoms with van der Waals surface area (Å²) in [4.78, 5) is 25.1. The number of amides is 2. The molecular formula is C14H26N2O4. The summed E-state index contributed by atoms with van der Waals surface area (Å²) < 4.78 is 0. The number of rotatable bonds is 7. The van der Waals surface area contributed by atoms with Crippen LogP contribution in [0.15, 0.2) is 0 Å². The minimum absolute atomic E-state index is 0.138. The Hall–Kier alpha value is -1.30. The molecule has 1 saturated heterocycles. The summed E-state index contributed by atoms with van der Waals surface area (Å²) in [6.45, 7) is 4.43. The van der Waals surface area contributed by atoms with Gasteiger partial charge in [-0.25, -0.2) is 4.79 Å². The summed E-state index contributed by atoms with van der Waals surface area (Å²) in [5.41, 5.74) is -0.921. The number of carbonyl (C=O) groups excluding carboxylic acids is 1. The Morgan fingerprint density at radius 1 is 1.45 bits per heavy atom. The first-order valence-electron chi connectivity index (χ1n) is 7.33. The standard InChI is InChI=1S/C14H26N2O4/c1-3-14(2,12(18)19)10-15-13(20)16-8-4-6-11(16)7-5-9-17/h11,17H,3-10H2,1-2H3,(H,15,20)(H,18,19). The molecule has 0 aromatic carbocycles. The van der Waals surface area contributed by atoms with Crippen molar-refractivity contribution in [3.63, 3.8) is 0 Å². The summed E-state index contributed by atoms with van der Waals surface area (Å²) >= 11 is 0. The normalized spacial score (nSPS) is 21.6. The van der Waals surface area contributed by atoms with Gasteiger partial charge in [-0.2, -0.15) is 0 Å². The van der Waals surface area contributed by atoms with Crippen molar-refractivity contribution in [1.82, 2.24) is 10.2 Å². The third-order valence-corrected chi connectivity index (χ3v) is 4.26. The Morgan fingerprint density at radius 2 is 2.15 bits per heavy atom. The second kappa shape index (κ2) is 7.47. The fourth-order valence-electron chi connectivity index (χ4n) is 2.45. The number of hydrogen-bond acceptors (Lipinski definition) is 3. The van der Waals surface area contributed by atoms with Gasteiger partial charge in [-0.15, -0.1) is 0 Å². The number of carboxylic acid groups (broad SMARTS) is 1. The molecule has 2 atom stereocenters. The third-order valence-electron chi connectivity index (χ3n) is 4.26. The van der Waals surface area contributed by atoms with E-state index in [1.165, 1.54) is 0 Å². The molecule has 0 radical (unpaired) electrons. The lowest BCUT2D eigenvalue weighted by atomic mass is 9.88. The van der Waals surface area contributed by atoms with Crippen molar-refractivity contribution in [2.24, 2.45) is 5.41 Å². The first kappa shape index (κ1) is 16.8. The molecule has 2 amide bonds. The Balaban J connectivity index is 2.51. The quantitative estimate of drug-likeness (QED) is 0.660. The SMILES string of the molecule is CCC(C)(CNC(=O)N1CCCC1CCCO)C(=O)O. The summed E-state index contributed by atoms with van der Waals surface area (Å²) in [6, 6.07) is -0.0220. The number of aliphatic carboxylic acids is 1. The summed E-state index contributed by atoms with van der Waals surface area (Å²) in [5.74, 6) is -0.890. The van der Waals surface area contributed by atoms with Crippen LogP contribution in [-0.2, 0) is 4.79 Å². The molecule has 6 nitrogen and oxygen atoms in total. The maximum absolute atomic E-state index is 12.2. The van der Waals surface area contributed by atoms with Gasteiger partial charge in [0.1, 0.15) is 0 Å². The van der Waals surface area contributed by atoms with Gasteiger partial charge in [0.05, 0.1) is 5.41 Å². The van der Waals surface area contributed by atoms with Crippen molar-refractivity contribution >= 4 is 12.0 Å². The molecule has 3 N–H and O–H groups in total. The summed E-state index contributed by atoms with van der Waals surface area (Å²) in [5, 5.41) is 20.8. The van der Waals surface area contributed by atoms with E-state index in [0.717, 1.165) is 19.3 Å². The van der Waals surface area contributed by atoms with E-state index in [1.54, 1.807) is 18.7 Å². The van der Waals surface area contributed by atoms with Crippen LogP contribution in [0.5, 0.6) is 0 Å². The predicted molar refractivity (Wildman–Crippen MR) is 75.5 cm³/mol. The minimum Gasteiger partial charge on any atom is -0.481 e. The van der Waals surface area contributed by atoms with Crippen LogP contribution in [0, 0.1) is 5.41 Å². The van der Waals surface area contributed by atoms with Crippen molar-refractivity contribution < 1.29 is 19.8 Å². The molecule has 1 aliphatic rings. The highest BCUT2D eigenvalue weighted by molar-refractivity contribution is 5.78. The average molecular weight is 286 g/mol. The summed E-state index contributed by atoms with van der Waals surface area (Å²) in [7, 11) is 0. The van der Waals surface area contributed by atoms with E-state index < -0.39 is 11.4 Å². The van der Waals surface area contributed by atoms with Crippen LogP contribution < -0.4 is 5.32 Å². The number of nitrogens with one attached hydrogen (secondary N) is 1. The first-order valence-corrected chi connectivity index (χ1v) is 7.33. The van der Waals surface area contributed by atoms with Gasteiger partial charge in [0.15, 0.2) is 0 Å². The van der Waals surface area contributed by atoms with Gasteiger partial charge in [0.2, 0.25) is 0 Å². The molecule has 1 aliphatic heterocycles. The van der Waals surface area contributed by atoms with Crippen molar-refractivity contribution in [1.29, 1.82) is 0 Å². The van der Waals surface area contributed by atoms with Crippen molar-refractivity contribution in [3.05, 3.63) is 0 Å². The fourth-order valence-corrected chi connectivity index (χ4v) is 2.45. The van der Waals surface area contributed by atoms with Crippen LogP contribution in [0.1, 0.15) is 46.0 Å². The number of hydrogen-bond donors (Lipinski definition) is 3. The molecule has 0 bridgehead atoms. The lowest BCUT2D eigenvalue weighted by Crippen LogP contribution is -2.47. The van der Waals surface area contributed by atoms with Gasteiger partial charge in [-0.1, -0.05) is 6.92 Å². The molecular weight excluding hydrogens is 260 g/mol. The van der Waals surface area contributed by atoms with Crippen LogP contribution in [0.2, 0.25) is 0 Å². The molecule has 0 aliphatic carbocycles. The smallest absolute Gasteiger partial charge is 0.317 e. The van der Waals surface area contributed by atoms with Crippen LogP contribution in [0.3, 0.4) is 0 Å². The molecule has 0 aromatic rings. The van der Waals surface area contributed by atoms with E-state index in [0.29, 0.717) is 19.4 Å². The predicted octanol–water partition coefficient (Wildman–Crippen LogP) is 1.43. The van der Waals surface area contributed by atoms with E-state index in [4.69, 9.17) is 5.11 Å². The van der Waals surface area contributed by atoms with Crippen molar-refractivity contribution in [3.8, 4) is 0 Å². The lowest BCUT2D eigenvalue weighted by molar-refractivity contribution is -0.147. The van der Waals surface area contributed by atoms with E-state index in [2.05, 4.69) is 5.32 Å². The highest BCUT2D eigenvalue weighted by atomic mass is 16.4. The largest absolute Gasteiger partial charge is 0.481 e. The van der Waals surface area contributed by atoms with Gasteiger partial charge in [0.25, 0.3) is 0 Å². The number of aliphatic hydroxyl groups is 1. The minimum atomic E-state index is -0.921. The van der Waals surface area contributed by atoms with Crippen LogP contribution in [0.4, 0.5) is 4.79 Å². The third kappa shape index (κ3) is 4.10. The molecule has 116 valence electrons. The van der Waals surface area contributed by atoms with Gasteiger partial charge in [0, 0.05) is 25.7 Å². The monoisotopic (exact) mass is 286 g/mol. The molecule has 0 aromatic heterocycles. The molecule has 1 rings (SSSR count). The number of carboxylic acids is 1. The maximum Gasteiger partial charge on any atom is 0.317 e. The Kier molecular flexibility index (Phi) is 6.26. The zero-order valence-corrected chi connectivity index (χ0v) is 12.4. The number of likely N-dealkylation sites (tertiary alicyclic amines) is 1. The highest BCUT2D eigenvalue weighted by Crippen LogP contribution is 2.23. The topological polar surface area (TPSA) is 89.9 Å². The number of nitrogens with zero attached hydrogens (tertiary/aromatic N) is 1. The second-order valence-electron chi connectivity index (χ2n) is 5.73. The van der Waals surface area contributed by atoms with Crippen LogP contribution >= 0.6 is 0 Å². The molecule has 2 unspecified atom stereocenters. The highest BCUT2D eigenvalue weighted by Gasteiger charge is 2.34. The number of aliphatic hydroxyl groups excluding tert-OH is 1. The molecule has 0 saturated carbocycles. The first-order chi connectivity index (χ1) is 9.44. The van der Waals surface area contributed by atoms with E-state index in [1.807, 2.05) is 0 Å². The lowest BCUT2D eigenvalue weighted by Gasteiger charge is -2.28. The zero-order valence-electron chi connectivity index (χ0n) is 12.4. The Bertz CT molecular complexity index is 348. The maximum atomic E-state index is 12.2. The Morgan fingerprint density at radius 3 is 2.70 bits per heavy atom. The fraction of sp³-hybridized carbons (Fsp3) is 0.857. The van der Waals surface area contributed by atoms with E-state index in [9.17, 15) is 14.7 Å². The molecule has 0 spiro atoms. The van der Waals surface area contributed by atoms with Crippen LogP contribution in [0.25, 0.3) is 0 Å². The van der Waals surface area contributed by atoms with Crippen molar-refractivity contribution in [2.45, 2.75) is 52.0 Å². The number of urea groups is 1. The molecule has 20 heavy (non-hydrogen) atoms. The molecule has 1 fully saturated rings. The summed E-state index contributed by atoms with van der Waals surface area (Å²) in [6.07, 6.45) is 3.88. The van der Waals surface area contributed by atoms with Crippen LogP contribution in [-0.4, -0.2) is 52.9 Å². The average Bonchev–Trinajstić information content (AvgIpc) is 2.90. The van der Waals surface area contributed by atoms with E-state index in [-0.39, 0.29) is 25.2 Å². The molecule has 1 heterocycles. The van der Waals surface area contributed by atoms with Gasteiger partial charge in [-0.05, 0) is 39.0 Å². The van der Waals surface area contributed by atoms with Crippen molar-refractivity contribution in [2.75, 3.05) is 19.7 Å². The van der Waals surface area contributed by atoms with E-state index >= 15 is 0 Å². The van der Waals surface area contributed by atoms with Gasteiger partial charge < -0.3 is 20.4 Å². The van der Waals surface area contributed by atoms with Gasteiger partial charge >= 0.3 is 12.0 Å². The Labute approximate surface area is 120 Å². The number of carbonyl (C=O) groups is 2. The zero-order chi connectivity index (χ0) is 15.2. The van der Waals surface area contributed by atoms with Gasteiger partial charge in [-0.3, -0.25) is 4.79 Å². The second-order valence-corrected chi connectivity index (χ2v) is 5.73.